The number of thiophene rings is 1. The summed E-state index contributed by atoms with van der Waals surface area (Å²) in [6.07, 6.45) is 0. The first-order chi connectivity index (χ1) is 5.27. The van der Waals surface area contributed by atoms with Crippen LogP contribution in [0.4, 0.5) is 5.00 Å². The lowest BCUT2D eigenvalue weighted by Gasteiger charge is -1.89. The van der Waals surface area contributed by atoms with Crippen molar-refractivity contribution >= 4 is 34.3 Å². The molecule has 0 spiro atoms. The second kappa shape index (κ2) is 2.40. The van der Waals surface area contributed by atoms with Crippen LogP contribution in [0.25, 0.3) is 0 Å². The first-order valence-corrected chi connectivity index (χ1v) is 4.45. The normalized spacial score (nSPS) is 14.2. The van der Waals surface area contributed by atoms with Gasteiger partial charge in [0.05, 0.1) is 4.90 Å². The fraction of sp³-hybridized carbons (Fsp3) is 0. The number of hydrogen-bond acceptors (Lipinski definition) is 5. The standard InChI is InChI=1S/C5H4N2O2S2/c8-5(9)3-1-2-4(10-3)6-7-11-2/h1,6-7H,(H,8,9). The number of nitrogens with one attached hydrogen (secondary N) is 2. The smallest absolute Gasteiger partial charge is 0.345 e. The maximum absolute atomic E-state index is 10.5. The Morgan fingerprint density at radius 1 is 1.64 bits per heavy atom. The Morgan fingerprint density at radius 2 is 2.45 bits per heavy atom. The zero-order valence-electron chi connectivity index (χ0n) is 5.25. The van der Waals surface area contributed by atoms with Crippen LogP contribution in [0.3, 0.4) is 0 Å². The third kappa shape index (κ3) is 1.09. The van der Waals surface area contributed by atoms with Gasteiger partial charge in [-0.15, -0.1) is 11.3 Å². The molecule has 0 atom stereocenters. The SMILES string of the molecule is O=C(O)c1cc2c(s1)NNS2. The number of rotatable bonds is 1. The lowest BCUT2D eigenvalue weighted by atomic mass is 10.5. The van der Waals surface area contributed by atoms with Gasteiger partial charge in [-0.2, -0.15) is 4.83 Å². The summed E-state index contributed by atoms with van der Waals surface area (Å²) in [7, 11) is 0. The van der Waals surface area contributed by atoms with Crippen LogP contribution in [0.2, 0.25) is 0 Å². The van der Waals surface area contributed by atoms with Gasteiger partial charge in [-0.05, 0) is 18.0 Å². The summed E-state index contributed by atoms with van der Waals surface area (Å²) in [4.78, 5) is 14.6. The molecule has 0 saturated carbocycles. The minimum atomic E-state index is -0.869. The lowest BCUT2D eigenvalue weighted by Crippen LogP contribution is -2.04. The van der Waals surface area contributed by atoms with Crippen molar-refractivity contribution in [3.63, 3.8) is 0 Å². The number of aromatic carboxylic acids is 1. The molecule has 2 rings (SSSR count). The summed E-state index contributed by atoms with van der Waals surface area (Å²) in [5.41, 5.74) is 2.84. The largest absolute Gasteiger partial charge is 0.477 e. The maximum atomic E-state index is 10.5. The van der Waals surface area contributed by atoms with Crippen molar-refractivity contribution in [2.24, 2.45) is 0 Å². The Bertz CT molecular complexity index is 288. The molecule has 4 nitrogen and oxygen atoms in total. The van der Waals surface area contributed by atoms with Gasteiger partial charge in [0.25, 0.3) is 0 Å². The third-order valence-corrected chi connectivity index (χ3v) is 3.15. The van der Waals surface area contributed by atoms with Crippen molar-refractivity contribution < 1.29 is 9.90 Å². The molecule has 6 heteroatoms. The summed E-state index contributed by atoms with van der Waals surface area (Å²) in [5.74, 6) is -0.869. The van der Waals surface area contributed by atoms with Crippen LogP contribution in [0, 0.1) is 0 Å². The van der Waals surface area contributed by atoms with Gasteiger partial charge in [0.2, 0.25) is 0 Å². The monoisotopic (exact) mass is 188 g/mol. The Morgan fingerprint density at radius 3 is 3.09 bits per heavy atom. The number of carboxylic acid groups (broad SMARTS) is 1. The minimum Gasteiger partial charge on any atom is -0.477 e. The van der Waals surface area contributed by atoms with Crippen LogP contribution in [0.5, 0.6) is 0 Å². The molecule has 0 saturated heterocycles. The van der Waals surface area contributed by atoms with Crippen LogP contribution in [0.15, 0.2) is 11.0 Å². The van der Waals surface area contributed by atoms with Crippen LogP contribution < -0.4 is 10.3 Å². The summed E-state index contributed by atoms with van der Waals surface area (Å²) in [6, 6.07) is 1.65. The summed E-state index contributed by atoms with van der Waals surface area (Å²) >= 11 is 2.63. The van der Waals surface area contributed by atoms with Gasteiger partial charge in [-0.3, -0.25) is 0 Å². The van der Waals surface area contributed by atoms with Crippen molar-refractivity contribution in [1.29, 1.82) is 0 Å². The van der Waals surface area contributed by atoms with E-state index in [1.807, 2.05) is 0 Å². The van der Waals surface area contributed by atoms with Gasteiger partial charge in [-0.25, -0.2) is 4.79 Å². The van der Waals surface area contributed by atoms with E-state index in [4.69, 9.17) is 5.11 Å². The highest BCUT2D eigenvalue weighted by molar-refractivity contribution is 7.98. The second-order valence-electron chi connectivity index (χ2n) is 1.94. The Kier molecular flexibility index (Phi) is 1.52. The molecule has 1 aromatic heterocycles. The highest BCUT2D eigenvalue weighted by Crippen LogP contribution is 2.37. The molecular weight excluding hydrogens is 184 g/mol. The fourth-order valence-corrected chi connectivity index (χ4v) is 2.49. The van der Waals surface area contributed by atoms with Gasteiger partial charge < -0.3 is 10.5 Å². The van der Waals surface area contributed by atoms with Crippen molar-refractivity contribution in [1.82, 2.24) is 4.83 Å². The minimum absolute atomic E-state index is 0.372. The van der Waals surface area contributed by atoms with E-state index in [1.54, 1.807) is 6.07 Å². The topological polar surface area (TPSA) is 61.4 Å². The molecule has 0 aliphatic carbocycles. The van der Waals surface area contributed by atoms with E-state index in [0.717, 1.165) is 9.90 Å². The average Bonchev–Trinajstić information content (AvgIpc) is 2.40. The molecule has 1 aromatic rings. The molecular formula is C5H4N2O2S2. The van der Waals surface area contributed by atoms with Gasteiger partial charge in [0, 0.05) is 0 Å². The van der Waals surface area contributed by atoms with Crippen LogP contribution in [-0.4, -0.2) is 11.1 Å². The number of carbonyl (C=O) groups is 1. The summed E-state index contributed by atoms with van der Waals surface area (Å²) in [5, 5.41) is 9.48. The van der Waals surface area contributed by atoms with Crippen molar-refractivity contribution in [3.05, 3.63) is 10.9 Å². The number of carboxylic acids is 1. The average molecular weight is 188 g/mol. The first-order valence-electron chi connectivity index (χ1n) is 2.82. The zero-order chi connectivity index (χ0) is 7.84. The van der Waals surface area contributed by atoms with Crippen molar-refractivity contribution in [2.45, 2.75) is 4.90 Å². The van der Waals surface area contributed by atoms with E-state index >= 15 is 0 Å². The molecule has 0 bridgehead atoms. The maximum Gasteiger partial charge on any atom is 0.345 e. The second-order valence-corrected chi connectivity index (χ2v) is 3.84. The molecule has 0 amide bonds. The molecule has 1 aliphatic rings. The molecule has 1 aliphatic heterocycles. The summed E-state index contributed by atoms with van der Waals surface area (Å²) in [6.45, 7) is 0. The summed E-state index contributed by atoms with van der Waals surface area (Å²) < 4.78 is 0. The third-order valence-electron chi connectivity index (χ3n) is 1.23. The molecule has 0 aromatic carbocycles. The Hall–Kier alpha value is -0.720. The van der Waals surface area contributed by atoms with E-state index in [9.17, 15) is 4.79 Å². The van der Waals surface area contributed by atoms with Gasteiger partial charge >= 0.3 is 5.97 Å². The van der Waals surface area contributed by atoms with E-state index in [0.29, 0.717) is 4.88 Å². The van der Waals surface area contributed by atoms with Gasteiger partial charge in [-0.1, -0.05) is 0 Å². The van der Waals surface area contributed by atoms with Crippen molar-refractivity contribution in [3.8, 4) is 0 Å². The predicted molar refractivity (Wildman–Crippen MR) is 43.9 cm³/mol. The first kappa shape index (κ1) is 6.96. The molecule has 0 unspecified atom stereocenters. The fourth-order valence-electron chi connectivity index (χ4n) is 0.769. The van der Waals surface area contributed by atoms with E-state index in [-0.39, 0.29) is 0 Å². The van der Waals surface area contributed by atoms with Crippen LogP contribution in [-0.2, 0) is 0 Å². The Balaban J connectivity index is 2.42. The van der Waals surface area contributed by atoms with Crippen LogP contribution in [0.1, 0.15) is 9.67 Å². The predicted octanol–water partition coefficient (Wildman–Crippen LogP) is 1.38. The van der Waals surface area contributed by atoms with E-state index in [2.05, 4.69) is 10.3 Å². The lowest BCUT2D eigenvalue weighted by molar-refractivity contribution is 0.0702. The number of hydrogen-bond donors (Lipinski definition) is 3. The van der Waals surface area contributed by atoms with E-state index in [1.165, 1.54) is 23.3 Å². The van der Waals surface area contributed by atoms with E-state index < -0.39 is 5.97 Å². The van der Waals surface area contributed by atoms with Crippen LogP contribution >= 0.6 is 23.3 Å². The van der Waals surface area contributed by atoms with Gasteiger partial charge in [0.1, 0.15) is 9.88 Å². The number of hydrazine groups is 1. The molecule has 58 valence electrons. The quantitative estimate of drug-likeness (QED) is 0.581. The molecule has 2 heterocycles. The van der Waals surface area contributed by atoms with Gasteiger partial charge in [0.15, 0.2) is 0 Å². The number of anilines is 1. The molecule has 0 fully saturated rings. The molecule has 0 radical (unpaired) electrons. The van der Waals surface area contributed by atoms with Crippen molar-refractivity contribution in [2.75, 3.05) is 5.43 Å². The zero-order valence-corrected chi connectivity index (χ0v) is 6.88. The highest BCUT2D eigenvalue weighted by Gasteiger charge is 2.17. The highest BCUT2D eigenvalue weighted by atomic mass is 32.2. The molecule has 3 N–H and O–H groups in total. The number of fused-ring (bicyclic) bond motifs is 1. The molecule has 11 heavy (non-hydrogen) atoms. The Labute approximate surface area is 70.7 Å².